The molecular formula is C21H24FN3O. The third kappa shape index (κ3) is 6.51. The molecule has 0 aliphatic heterocycles. The molecule has 0 atom stereocenters. The van der Waals surface area contributed by atoms with Gasteiger partial charge in [0.2, 0.25) is 0 Å². The molecule has 0 saturated carbocycles. The van der Waals surface area contributed by atoms with E-state index in [-0.39, 0.29) is 18.3 Å². The number of carbonyl (C=O) groups is 1. The van der Waals surface area contributed by atoms with E-state index in [2.05, 4.69) is 54.0 Å². The van der Waals surface area contributed by atoms with Crippen LogP contribution in [0.1, 0.15) is 37.8 Å². The summed E-state index contributed by atoms with van der Waals surface area (Å²) in [5, 5.41) is 6.84. The van der Waals surface area contributed by atoms with Gasteiger partial charge in [-0.05, 0) is 53.8 Å². The number of hydrazone groups is 1. The molecule has 0 fully saturated rings. The second-order valence-corrected chi connectivity index (χ2v) is 6.36. The molecule has 136 valence electrons. The molecule has 0 bridgehead atoms. The molecule has 0 spiro atoms. The van der Waals surface area contributed by atoms with E-state index in [1.165, 1.54) is 17.7 Å². The average Bonchev–Trinajstić information content (AvgIpc) is 2.61. The molecule has 26 heavy (non-hydrogen) atoms. The van der Waals surface area contributed by atoms with Gasteiger partial charge in [0.15, 0.2) is 0 Å². The minimum absolute atomic E-state index is 0.0579. The minimum atomic E-state index is -0.314. The second kappa shape index (κ2) is 9.51. The Kier molecular flexibility index (Phi) is 7.09. The van der Waals surface area contributed by atoms with Gasteiger partial charge >= 0.3 is 0 Å². The van der Waals surface area contributed by atoms with Crippen molar-refractivity contribution in [1.29, 1.82) is 0 Å². The van der Waals surface area contributed by atoms with Crippen molar-refractivity contribution in [3.63, 3.8) is 0 Å². The summed E-state index contributed by atoms with van der Waals surface area (Å²) in [6.07, 6.45) is 3.60. The lowest BCUT2D eigenvalue weighted by Gasteiger charge is -2.05. The van der Waals surface area contributed by atoms with Gasteiger partial charge in [-0.1, -0.05) is 44.2 Å². The predicted molar refractivity (Wildman–Crippen MR) is 106 cm³/mol. The van der Waals surface area contributed by atoms with Gasteiger partial charge in [0, 0.05) is 5.69 Å². The normalized spacial score (nSPS) is 11.8. The Hall–Kier alpha value is -2.95. The van der Waals surface area contributed by atoms with Crippen LogP contribution in [-0.2, 0) is 4.79 Å². The summed E-state index contributed by atoms with van der Waals surface area (Å²) in [5.41, 5.74) is 6.44. The van der Waals surface area contributed by atoms with Crippen LogP contribution in [0.5, 0.6) is 0 Å². The minimum Gasteiger partial charge on any atom is -0.376 e. The highest BCUT2D eigenvalue weighted by Gasteiger charge is 2.00. The number of allylic oxidation sites excluding steroid dienone is 1. The van der Waals surface area contributed by atoms with E-state index in [0.29, 0.717) is 11.6 Å². The van der Waals surface area contributed by atoms with Crippen molar-refractivity contribution in [3.8, 4) is 0 Å². The van der Waals surface area contributed by atoms with E-state index in [1.807, 2.05) is 13.0 Å². The maximum atomic E-state index is 12.8. The Balaban J connectivity index is 1.80. The largest absolute Gasteiger partial charge is 0.376 e. The number of benzene rings is 2. The van der Waals surface area contributed by atoms with Crippen LogP contribution in [0.3, 0.4) is 0 Å². The molecule has 2 aromatic rings. The summed E-state index contributed by atoms with van der Waals surface area (Å²) >= 11 is 0. The van der Waals surface area contributed by atoms with Crippen LogP contribution in [0.25, 0.3) is 6.08 Å². The van der Waals surface area contributed by atoms with Crippen molar-refractivity contribution in [3.05, 3.63) is 71.0 Å². The summed E-state index contributed by atoms with van der Waals surface area (Å²) in [6.45, 7) is 6.30. The number of nitrogens with zero attached hydrogens (tertiary/aromatic N) is 1. The summed E-state index contributed by atoms with van der Waals surface area (Å²) in [4.78, 5) is 11.7. The van der Waals surface area contributed by atoms with Crippen molar-refractivity contribution in [2.75, 3.05) is 11.9 Å². The van der Waals surface area contributed by atoms with Crippen LogP contribution in [0.15, 0.2) is 59.2 Å². The molecule has 2 rings (SSSR count). The van der Waals surface area contributed by atoms with Gasteiger partial charge in [0.05, 0.1) is 12.8 Å². The van der Waals surface area contributed by atoms with E-state index in [0.717, 1.165) is 11.1 Å². The van der Waals surface area contributed by atoms with Crippen LogP contribution < -0.4 is 10.7 Å². The molecule has 2 N–H and O–H groups in total. The summed E-state index contributed by atoms with van der Waals surface area (Å²) < 4.78 is 12.8. The molecule has 0 aromatic heterocycles. The van der Waals surface area contributed by atoms with Gasteiger partial charge in [0.25, 0.3) is 5.91 Å². The smallest absolute Gasteiger partial charge is 0.259 e. The van der Waals surface area contributed by atoms with Gasteiger partial charge in [-0.3, -0.25) is 4.79 Å². The van der Waals surface area contributed by atoms with Gasteiger partial charge in [-0.25, -0.2) is 9.82 Å². The number of nitrogens with one attached hydrogen (secondary N) is 2. The molecule has 0 unspecified atom stereocenters. The van der Waals surface area contributed by atoms with E-state index in [1.54, 1.807) is 18.3 Å². The third-order valence-electron chi connectivity index (χ3n) is 3.75. The van der Waals surface area contributed by atoms with Crippen molar-refractivity contribution in [2.24, 2.45) is 5.10 Å². The van der Waals surface area contributed by atoms with Crippen molar-refractivity contribution >= 4 is 23.9 Å². The Morgan fingerprint density at radius 3 is 2.38 bits per heavy atom. The highest BCUT2D eigenvalue weighted by Crippen LogP contribution is 2.16. The molecule has 4 nitrogen and oxygen atoms in total. The van der Waals surface area contributed by atoms with E-state index in [4.69, 9.17) is 0 Å². The van der Waals surface area contributed by atoms with Crippen LogP contribution in [0.4, 0.5) is 10.1 Å². The second-order valence-electron chi connectivity index (χ2n) is 6.36. The first kappa shape index (κ1) is 19.4. The number of rotatable bonds is 7. The van der Waals surface area contributed by atoms with Gasteiger partial charge < -0.3 is 5.32 Å². The molecule has 0 radical (unpaired) electrons. The number of halogens is 1. The average molecular weight is 353 g/mol. The molecule has 0 aliphatic carbocycles. The zero-order valence-corrected chi connectivity index (χ0v) is 15.3. The van der Waals surface area contributed by atoms with Gasteiger partial charge in [-0.15, -0.1) is 0 Å². The van der Waals surface area contributed by atoms with Gasteiger partial charge in [0.1, 0.15) is 5.82 Å². The van der Waals surface area contributed by atoms with Crippen LogP contribution in [-0.4, -0.2) is 18.7 Å². The van der Waals surface area contributed by atoms with Crippen LogP contribution >= 0.6 is 0 Å². The topological polar surface area (TPSA) is 53.5 Å². The Morgan fingerprint density at radius 1 is 1.12 bits per heavy atom. The molecule has 0 aliphatic rings. The fraction of sp³-hybridized carbons (Fsp3) is 0.238. The maximum Gasteiger partial charge on any atom is 0.259 e. The van der Waals surface area contributed by atoms with E-state index < -0.39 is 0 Å². The number of anilines is 1. The highest BCUT2D eigenvalue weighted by atomic mass is 19.1. The van der Waals surface area contributed by atoms with Crippen molar-refractivity contribution < 1.29 is 9.18 Å². The summed E-state index contributed by atoms with van der Waals surface area (Å²) in [6, 6.07) is 14.2. The lowest BCUT2D eigenvalue weighted by molar-refractivity contribution is -0.119. The Bertz CT molecular complexity index is 778. The Labute approximate surface area is 153 Å². The monoisotopic (exact) mass is 353 g/mol. The van der Waals surface area contributed by atoms with Crippen LogP contribution in [0, 0.1) is 5.82 Å². The molecule has 2 aromatic carbocycles. The first-order valence-electron chi connectivity index (χ1n) is 8.53. The van der Waals surface area contributed by atoms with Gasteiger partial charge in [-0.2, -0.15) is 5.10 Å². The van der Waals surface area contributed by atoms with E-state index >= 15 is 0 Å². The molecule has 5 heteroatoms. The fourth-order valence-electron chi connectivity index (χ4n) is 2.27. The van der Waals surface area contributed by atoms with Crippen LogP contribution in [0.2, 0.25) is 0 Å². The zero-order valence-electron chi connectivity index (χ0n) is 15.3. The third-order valence-corrected chi connectivity index (χ3v) is 3.75. The number of carbonyl (C=O) groups excluding carboxylic acids is 1. The van der Waals surface area contributed by atoms with Crippen molar-refractivity contribution in [2.45, 2.75) is 26.7 Å². The highest BCUT2D eigenvalue weighted by molar-refractivity contribution is 5.87. The van der Waals surface area contributed by atoms with E-state index in [9.17, 15) is 9.18 Å². The first-order chi connectivity index (χ1) is 12.4. The number of amides is 1. The quantitative estimate of drug-likeness (QED) is 0.566. The first-order valence-corrected chi connectivity index (χ1v) is 8.53. The molecular weight excluding hydrogens is 329 g/mol. The predicted octanol–water partition coefficient (Wildman–Crippen LogP) is 4.57. The molecule has 0 saturated heterocycles. The SMILES string of the molecule is CC(=C/c1ccc(C(C)C)cc1)/C=N/NC(=O)CNc1ccc(F)cc1. The molecule has 1 amide bonds. The lowest BCUT2D eigenvalue weighted by Crippen LogP contribution is -2.25. The van der Waals surface area contributed by atoms with Crippen molar-refractivity contribution in [1.82, 2.24) is 5.43 Å². The summed E-state index contributed by atoms with van der Waals surface area (Å²) in [5.74, 6) is -0.0835. The summed E-state index contributed by atoms with van der Waals surface area (Å²) in [7, 11) is 0. The standard InChI is InChI=1S/C21H24FN3O/c1-15(2)18-6-4-17(5-7-18)12-16(3)13-24-25-21(26)14-23-20-10-8-19(22)9-11-20/h4-13,15,23H,14H2,1-3H3,(H,25,26)/b16-12-,24-13+. The molecule has 0 heterocycles. The fourth-order valence-corrected chi connectivity index (χ4v) is 2.27. The number of hydrogen-bond donors (Lipinski definition) is 2. The lowest BCUT2D eigenvalue weighted by atomic mass is 10.0. The maximum absolute atomic E-state index is 12.8. The zero-order chi connectivity index (χ0) is 18.9. The number of hydrogen-bond acceptors (Lipinski definition) is 3. The Morgan fingerprint density at radius 2 is 1.77 bits per heavy atom.